The molecule has 0 amide bonds. The van der Waals surface area contributed by atoms with Crippen molar-refractivity contribution in [3.8, 4) is 0 Å². The van der Waals surface area contributed by atoms with Crippen LogP contribution in [-0.2, 0) is 10.5 Å². The molecule has 20 heavy (non-hydrogen) atoms. The highest BCUT2D eigenvalue weighted by Gasteiger charge is 2.04. The summed E-state index contributed by atoms with van der Waals surface area (Å²) in [4.78, 5) is 12.5. The van der Waals surface area contributed by atoms with E-state index in [1.165, 1.54) is 0 Å². The lowest BCUT2D eigenvalue weighted by Gasteiger charge is -2.18. The number of carboxylic acid groups (broad SMARTS) is 1. The Hall–Kier alpha value is -0.780. The minimum absolute atomic E-state index is 0. The first-order valence-electron chi connectivity index (χ1n) is 5.93. The van der Waals surface area contributed by atoms with Gasteiger partial charge in [0.05, 0.1) is 6.42 Å². The topological polar surface area (TPSA) is 66.6 Å². The van der Waals surface area contributed by atoms with Crippen molar-refractivity contribution < 1.29 is 9.90 Å². The summed E-state index contributed by atoms with van der Waals surface area (Å²) in [6.45, 7) is 3.03. The van der Waals surface area contributed by atoms with Gasteiger partial charge in [-0.05, 0) is 24.6 Å². The van der Waals surface area contributed by atoms with E-state index in [9.17, 15) is 4.79 Å². The Labute approximate surface area is 136 Å². The van der Waals surface area contributed by atoms with E-state index in [1.807, 2.05) is 25.2 Å². The molecule has 1 aromatic rings. The van der Waals surface area contributed by atoms with Gasteiger partial charge in [0.1, 0.15) is 0 Å². The molecule has 0 unspecified atom stereocenters. The van der Waals surface area contributed by atoms with Crippen molar-refractivity contribution in [2.24, 2.45) is 0 Å². The number of nitrogens with zero attached hydrogens (tertiary/aromatic N) is 1. The molecule has 1 aromatic carbocycles. The van der Waals surface area contributed by atoms with Crippen molar-refractivity contribution in [3.05, 3.63) is 23.8 Å². The number of rotatable bonds is 7. The van der Waals surface area contributed by atoms with Gasteiger partial charge in [-0.2, -0.15) is 11.8 Å². The minimum Gasteiger partial charge on any atom is -0.481 e. The Morgan fingerprint density at radius 3 is 2.55 bits per heavy atom. The zero-order valence-electron chi connectivity index (χ0n) is 11.7. The van der Waals surface area contributed by atoms with Gasteiger partial charge in [0.25, 0.3) is 0 Å². The average Bonchev–Trinajstić information content (AvgIpc) is 2.34. The Kier molecular flexibility index (Phi) is 11.8. The van der Waals surface area contributed by atoms with Crippen LogP contribution in [0.1, 0.15) is 18.9 Å². The van der Waals surface area contributed by atoms with Gasteiger partial charge in [0.15, 0.2) is 0 Å². The summed E-state index contributed by atoms with van der Waals surface area (Å²) in [5, 5.41) is 8.55. The van der Waals surface area contributed by atoms with Crippen LogP contribution in [0.2, 0.25) is 0 Å². The molecule has 0 atom stereocenters. The summed E-state index contributed by atoms with van der Waals surface area (Å²) in [7, 11) is 2.02. The van der Waals surface area contributed by atoms with Crippen LogP contribution in [0, 0.1) is 0 Å². The van der Waals surface area contributed by atoms with Gasteiger partial charge < -0.3 is 15.7 Å². The number of hydrogen-bond acceptors (Lipinski definition) is 4. The summed E-state index contributed by atoms with van der Waals surface area (Å²) in [6.07, 6.45) is 0.196. The molecule has 4 nitrogen and oxygen atoms in total. The van der Waals surface area contributed by atoms with E-state index in [2.05, 4.69) is 11.8 Å². The smallest absolute Gasteiger partial charge is 0.304 e. The molecule has 0 aromatic heterocycles. The van der Waals surface area contributed by atoms with Crippen LogP contribution in [0.25, 0.3) is 0 Å². The normalized spacial score (nSPS) is 9.30. The summed E-state index contributed by atoms with van der Waals surface area (Å²) in [5.74, 6) is 0.621. The molecular formula is C13H22Cl2N2O2S. The van der Waals surface area contributed by atoms with Crippen LogP contribution in [-0.4, -0.2) is 30.4 Å². The van der Waals surface area contributed by atoms with Crippen LogP contribution < -0.4 is 10.6 Å². The summed E-state index contributed by atoms with van der Waals surface area (Å²) >= 11 is 1.59. The molecule has 3 N–H and O–H groups in total. The van der Waals surface area contributed by atoms with Gasteiger partial charge in [-0.1, -0.05) is 6.07 Å². The molecule has 0 aliphatic rings. The second kappa shape index (κ2) is 10.9. The number of aliphatic carboxylic acids is 1. The number of carboxylic acids is 1. The second-order valence-corrected chi connectivity index (χ2v) is 5.20. The fourth-order valence-corrected chi connectivity index (χ4v) is 2.42. The standard InChI is InChI=1S/C13H20N2O2S.2ClH/c1-3-15(2)11-5-4-10(12(14)8-11)9-18-7-6-13(16)17;;/h4-5,8H,3,6-7,9,14H2,1-2H3,(H,16,17);2*1H. The predicted octanol–water partition coefficient (Wildman–Crippen LogP) is 3.28. The van der Waals surface area contributed by atoms with Crippen molar-refractivity contribution in [1.29, 1.82) is 0 Å². The van der Waals surface area contributed by atoms with E-state index in [0.29, 0.717) is 5.75 Å². The van der Waals surface area contributed by atoms with Gasteiger partial charge in [0.2, 0.25) is 0 Å². The summed E-state index contributed by atoms with van der Waals surface area (Å²) < 4.78 is 0. The Balaban J connectivity index is 0. The van der Waals surface area contributed by atoms with E-state index >= 15 is 0 Å². The molecule has 0 spiro atoms. The average molecular weight is 341 g/mol. The second-order valence-electron chi connectivity index (χ2n) is 4.09. The van der Waals surface area contributed by atoms with Gasteiger partial charge >= 0.3 is 5.97 Å². The Morgan fingerprint density at radius 1 is 1.40 bits per heavy atom. The molecule has 0 saturated carbocycles. The van der Waals surface area contributed by atoms with Gasteiger partial charge in [-0.3, -0.25) is 4.79 Å². The molecule has 7 heteroatoms. The molecule has 0 bridgehead atoms. The molecule has 0 fully saturated rings. The first kappa shape index (κ1) is 21.5. The minimum atomic E-state index is -0.754. The van der Waals surface area contributed by atoms with Crippen LogP contribution in [0.15, 0.2) is 18.2 Å². The number of nitrogens with two attached hydrogens (primary N) is 1. The van der Waals surface area contributed by atoms with Gasteiger partial charge in [-0.15, -0.1) is 24.8 Å². The number of hydrogen-bond donors (Lipinski definition) is 2. The molecule has 0 aliphatic heterocycles. The number of nitrogen functional groups attached to an aromatic ring is 1. The molecule has 0 aliphatic carbocycles. The lowest BCUT2D eigenvalue weighted by Crippen LogP contribution is -2.15. The fourth-order valence-electron chi connectivity index (χ4n) is 1.48. The molecule has 1 rings (SSSR count). The molecule has 0 heterocycles. The lowest BCUT2D eigenvalue weighted by molar-refractivity contribution is -0.136. The van der Waals surface area contributed by atoms with E-state index < -0.39 is 5.97 Å². The van der Waals surface area contributed by atoms with E-state index in [0.717, 1.165) is 29.2 Å². The van der Waals surface area contributed by atoms with E-state index in [4.69, 9.17) is 10.8 Å². The van der Waals surface area contributed by atoms with E-state index in [1.54, 1.807) is 11.8 Å². The highest BCUT2D eigenvalue weighted by molar-refractivity contribution is 7.98. The molecular weight excluding hydrogens is 319 g/mol. The first-order chi connectivity index (χ1) is 8.54. The van der Waals surface area contributed by atoms with Crippen molar-refractivity contribution in [2.75, 3.05) is 30.0 Å². The van der Waals surface area contributed by atoms with Gasteiger partial charge in [0, 0.05) is 36.5 Å². The third-order valence-electron chi connectivity index (χ3n) is 2.76. The summed E-state index contributed by atoms with van der Waals surface area (Å²) in [5.41, 5.74) is 8.95. The maximum atomic E-state index is 10.4. The van der Waals surface area contributed by atoms with Crippen LogP contribution in [0.5, 0.6) is 0 Å². The number of thioether (sulfide) groups is 1. The largest absolute Gasteiger partial charge is 0.481 e. The van der Waals surface area contributed by atoms with Crippen molar-refractivity contribution >= 4 is 53.9 Å². The zero-order valence-corrected chi connectivity index (χ0v) is 14.1. The molecule has 0 radical (unpaired) electrons. The van der Waals surface area contributed by atoms with Crippen molar-refractivity contribution in [1.82, 2.24) is 0 Å². The molecule has 116 valence electrons. The number of halogens is 2. The third-order valence-corrected chi connectivity index (χ3v) is 3.77. The fraction of sp³-hybridized carbons (Fsp3) is 0.462. The lowest BCUT2D eigenvalue weighted by atomic mass is 10.2. The number of anilines is 2. The third kappa shape index (κ3) is 7.12. The van der Waals surface area contributed by atoms with Crippen LogP contribution in [0.3, 0.4) is 0 Å². The SMILES string of the molecule is CCN(C)c1ccc(CSCCC(=O)O)c(N)c1.Cl.Cl. The van der Waals surface area contributed by atoms with Crippen LogP contribution >= 0.6 is 36.6 Å². The highest BCUT2D eigenvalue weighted by Crippen LogP contribution is 2.24. The maximum absolute atomic E-state index is 10.4. The van der Waals surface area contributed by atoms with Crippen molar-refractivity contribution in [3.63, 3.8) is 0 Å². The Bertz CT molecular complexity index is 419. The van der Waals surface area contributed by atoms with E-state index in [-0.39, 0.29) is 31.2 Å². The van der Waals surface area contributed by atoms with Gasteiger partial charge in [-0.25, -0.2) is 0 Å². The predicted molar refractivity (Wildman–Crippen MR) is 92.7 cm³/mol. The van der Waals surface area contributed by atoms with Crippen LogP contribution in [0.4, 0.5) is 11.4 Å². The van der Waals surface area contributed by atoms with Crippen molar-refractivity contribution in [2.45, 2.75) is 19.1 Å². The first-order valence-corrected chi connectivity index (χ1v) is 7.09. The summed E-state index contributed by atoms with van der Waals surface area (Å²) in [6, 6.07) is 6.04. The number of carbonyl (C=O) groups is 1. The number of benzene rings is 1. The monoisotopic (exact) mass is 340 g/mol. The highest BCUT2D eigenvalue weighted by atomic mass is 35.5. The zero-order chi connectivity index (χ0) is 13.5. The molecule has 0 saturated heterocycles. The maximum Gasteiger partial charge on any atom is 0.304 e. The Morgan fingerprint density at radius 2 is 2.05 bits per heavy atom. The quantitative estimate of drug-likeness (QED) is 0.588.